The van der Waals surface area contributed by atoms with Crippen LogP contribution in [-0.4, -0.2) is 10.5 Å². The summed E-state index contributed by atoms with van der Waals surface area (Å²) in [5.41, 5.74) is 6.74. The number of carbonyl (C=O) groups is 1. The number of anilines is 2. The molecule has 1 heterocycles. The van der Waals surface area contributed by atoms with Crippen LogP contribution >= 0.6 is 0 Å². The van der Waals surface area contributed by atoms with Gasteiger partial charge in [-0.05, 0) is 30.7 Å². The fraction of sp³-hybridized carbons (Fsp3) is 0.143. The molecule has 5 nitrogen and oxygen atoms in total. The van der Waals surface area contributed by atoms with Crippen molar-refractivity contribution in [1.29, 1.82) is 0 Å². The van der Waals surface area contributed by atoms with Crippen LogP contribution in [0.4, 0.5) is 15.8 Å². The topological polar surface area (TPSA) is 77.1 Å². The molecule has 0 aliphatic rings. The van der Waals surface area contributed by atoms with Crippen LogP contribution in [0.5, 0.6) is 0 Å². The number of nitrogen functional groups attached to an aromatic ring is 1. The molecule has 2 aromatic rings. The second-order valence-corrected chi connectivity index (χ2v) is 4.44. The van der Waals surface area contributed by atoms with Crippen LogP contribution in [0.3, 0.4) is 0 Å². The highest BCUT2D eigenvalue weighted by Crippen LogP contribution is 2.15. The molecule has 1 aromatic heterocycles. The molecule has 20 heavy (non-hydrogen) atoms. The molecule has 0 atom stereocenters. The summed E-state index contributed by atoms with van der Waals surface area (Å²) < 4.78 is 14.3. The van der Waals surface area contributed by atoms with E-state index >= 15 is 0 Å². The number of pyridine rings is 1. The lowest BCUT2D eigenvalue weighted by Crippen LogP contribution is -2.27. The van der Waals surface area contributed by atoms with Gasteiger partial charge in [0.2, 0.25) is 5.91 Å². The molecule has 0 fully saturated rings. The van der Waals surface area contributed by atoms with Gasteiger partial charge >= 0.3 is 0 Å². The van der Waals surface area contributed by atoms with Crippen molar-refractivity contribution in [3.63, 3.8) is 0 Å². The molecule has 1 aromatic carbocycles. The van der Waals surface area contributed by atoms with Crippen molar-refractivity contribution in [3.05, 3.63) is 58.3 Å². The lowest BCUT2D eigenvalue weighted by Gasteiger charge is -2.10. The number of nitrogens with one attached hydrogen (secondary N) is 1. The van der Waals surface area contributed by atoms with Crippen LogP contribution in [0.15, 0.2) is 41.3 Å². The predicted molar refractivity (Wildman–Crippen MR) is 74.9 cm³/mol. The van der Waals surface area contributed by atoms with Gasteiger partial charge in [0.1, 0.15) is 12.4 Å². The molecule has 1 amide bonds. The standard InChI is InChI=1S/C14H14FN3O2/c1-9-2-3-10(15)6-12(9)17-13(19)8-18-7-11(16)4-5-14(18)20/h2-7H,8,16H2,1H3,(H,17,19). The van der Waals surface area contributed by atoms with Crippen LogP contribution in [0.2, 0.25) is 0 Å². The van der Waals surface area contributed by atoms with E-state index in [1.807, 2.05) is 0 Å². The second kappa shape index (κ2) is 5.56. The molecule has 2 rings (SSSR count). The zero-order chi connectivity index (χ0) is 14.7. The van der Waals surface area contributed by atoms with Gasteiger partial charge in [0.25, 0.3) is 5.56 Å². The number of hydrogen-bond acceptors (Lipinski definition) is 3. The third-order valence-corrected chi connectivity index (χ3v) is 2.79. The Labute approximate surface area is 114 Å². The molecule has 104 valence electrons. The Balaban J connectivity index is 2.15. The van der Waals surface area contributed by atoms with Crippen molar-refractivity contribution in [1.82, 2.24) is 4.57 Å². The minimum atomic E-state index is -0.438. The molecular weight excluding hydrogens is 261 g/mol. The highest BCUT2D eigenvalue weighted by atomic mass is 19.1. The number of carbonyl (C=O) groups excluding carboxylic acids is 1. The highest BCUT2D eigenvalue weighted by molar-refractivity contribution is 5.91. The van der Waals surface area contributed by atoms with Gasteiger partial charge in [-0.25, -0.2) is 4.39 Å². The molecule has 0 radical (unpaired) electrons. The number of nitrogens with two attached hydrogens (primary N) is 1. The molecule has 0 aliphatic heterocycles. The van der Waals surface area contributed by atoms with Crippen molar-refractivity contribution in [3.8, 4) is 0 Å². The SMILES string of the molecule is Cc1ccc(F)cc1NC(=O)Cn1cc(N)ccc1=O. The third kappa shape index (κ3) is 3.23. The zero-order valence-corrected chi connectivity index (χ0v) is 10.9. The first-order valence-electron chi connectivity index (χ1n) is 5.97. The first-order chi connectivity index (χ1) is 9.45. The van der Waals surface area contributed by atoms with Crippen LogP contribution in [0.25, 0.3) is 0 Å². The molecule has 0 spiro atoms. The van der Waals surface area contributed by atoms with Crippen molar-refractivity contribution in [2.24, 2.45) is 0 Å². The van der Waals surface area contributed by atoms with Crippen LogP contribution < -0.4 is 16.6 Å². The largest absolute Gasteiger partial charge is 0.398 e. The van der Waals surface area contributed by atoms with E-state index in [9.17, 15) is 14.0 Å². The van der Waals surface area contributed by atoms with Crippen LogP contribution in [0, 0.1) is 12.7 Å². The maximum absolute atomic E-state index is 13.1. The summed E-state index contributed by atoms with van der Waals surface area (Å²) in [5.74, 6) is -0.863. The Hall–Kier alpha value is -2.63. The lowest BCUT2D eigenvalue weighted by molar-refractivity contribution is -0.116. The summed E-state index contributed by atoms with van der Waals surface area (Å²) in [7, 11) is 0. The average Bonchev–Trinajstić information content (AvgIpc) is 2.38. The minimum absolute atomic E-state index is 0.181. The summed E-state index contributed by atoms with van der Waals surface area (Å²) in [6.45, 7) is 1.57. The molecule has 0 saturated heterocycles. The van der Waals surface area contributed by atoms with Gasteiger partial charge < -0.3 is 15.6 Å². The first-order valence-corrected chi connectivity index (χ1v) is 5.97. The van der Waals surface area contributed by atoms with E-state index < -0.39 is 11.7 Å². The monoisotopic (exact) mass is 275 g/mol. The number of nitrogens with zero attached hydrogens (tertiary/aromatic N) is 1. The number of aryl methyl sites for hydroxylation is 1. The second-order valence-electron chi connectivity index (χ2n) is 4.44. The Bertz CT molecular complexity index is 710. The van der Waals surface area contributed by atoms with Gasteiger partial charge in [0, 0.05) is 23.6 Å². The highest BCUT2D eigenvalue weighted by Gasteiger charge is 2.08. The maximum Gasteiger partial charge on any atom is 0.251 e. The third-order valence-electron chi connectivity index (χ3n) is 2.79. The number of benzene rings is 1. The molecular formula is C14H14FN3O2. The summed E-state index contributed by atoms with van der Waals surface area (Å²) in [6, 6.07) is 6.86. The molecule has 0 aliphatic carbocycles. The number of amides is 1. The number of halogens is 1. The van der Waals surface area contributed by atoms with Gasteiger partial charge in [-0.15, -0.1) is 0 Å². The quantitative estimate of drug-likeness (QED) is 0.891. The van der Waals surface area contributed by atoms with E-state index in [4.69, 9.17) is 5.73 Å². The predicted octanol–water partition coefficient (Wildman–Crippen LogP) is 1.52. The fourth-order valence-corrected chi connectivity index (χ4v) is 1.75. The van der Waals surface area contributed by atoms with E-state index in [1.54, 1.807) is 13.0 Å². The number of hydrogen-bond donors (Lipinski definition) is 2. The van der Waals surface area contributed by atoms with Crippen LogP contribution in [-0.2, 0) is 11.3 Å². The lowest BCUT2D eigenvalue weighted by atomic mass is 10.2. The average molecular weight is 275 g/mol. The summed E-state index contributed by atoms with van der Waals surface area (Å²) >= 11 is 0. The van der Waals surface area contributed by atoms with E-state index in [0.717, 1.165) is 5.56 Å². The van der Waals surface area contributed by atoms with E-state index in [1.165, 1.54) is 35.0 Å². The Morgan fingerprint density at radius 1 is 1.35 bits per heavy atom. The van der Waals surface area contributed by atoms with Gasteiger partial charge in [-0.2, -0.15) is 0 Å². The minimum Gasteiger partial charge on any atom is -0.398 e. The van der Waals surface area contributed by atoms with Crippen molar-refractivity contribution >= 4 is 17.3 Å². The van der Waals surface area contributed by atoms with Gasteiger partial charge in [0.15, 0.2) is 0 Å². The molecule has 0 bridgehead atoms. The van der Waals surface area contributed by atoms with Crippen LogP contribution in [0.1, 0.15) is 5.56 Å². The molecule has 0 unspecified atom stereocenters. The molecule has 6 heteroatoms. The maximum atomic E-state index is 13.1. The van der Waals surface area contributed by atoms with E-state index in [-0.39, 0.29) is 12.1 Å². The van der Waals surface area contributed by atoms with Crippen molar-refractivity contribution < 1.29 is 9.18 Å². The smallest absolute Gasteiger partial charge is 0.251 e. The first kappa shape index (κ1) is 13.8. The summed E-state index contributed by atoms with van der Waals surface area (Å²) in [6.07, 6.45) is 1.39. The molecule has 3 N–H and O–H groups in total. The van der Waals surface area contributed by atoms with Gasteiger partial charge in [0.05, 0.1) is 0 Å². The summed E-state index contributed by atoms with van der Waals surface area (Å²) in [5, 5.41) is 2.57. The molecule has 0 saturated carbocycles. The van der Waals surface area contributed by atoms with Crippen molar-refractivity contribution in [2.45, 2.75) is 13.5 Å². The normalized spacial score (nSPS) is 10.3. The van der Waals surface area contributed by atoms with Gasteiger partial charge in [-0.1, -0.05) is 6.07 Å². The Kier molecular flexibility index (Phi) is 3.84. The number of rotatable bonds is 3. The van der Waals surface area contributed by atoms with E-state index in [2.05, 4.69) is 5.32 Å². The summed E-state index contributed by atoms with van der Waals surface area (Å²) in [4.78, 5) is 23.4. The Morgan fingerprint density at radius 3 is 2.85 bits per heavy atom. The van der Waals surface area contributed by atoms with E-state index in [0.29, 0.717) is 11.4 Å². The fourth-order valence-electron chi connectivity index (χ4n) is 1.75. The zero-order valence-electron chi connectivity index (χ0n) is 10.9. The van der Waals surface area contributed by atoms with Crippen molar-refractivity contribution in [2.75, 3.05) is 11.1 Å². The number of aromatic nitrogens is 1. The van der Waals surface area contributed by atoms with Gasteiger partial charge in [-0.3, -0.25) is 9.59 Å². The Morgan fingerprint density at radius 2 is 2.10 bits per heavy atom.